The van der Waals surface area contributed by atoms with Crippen LogP contribution in [0.1, 0.15) is 32.8 Å². The van der Waals surface area contributed by atoms with Gasteiger partial charge in [0, 0.05) is 22.2 Å². The van der Waals surface area contributed by atoms with Gasteiger partial charge in [0.2, 0.25) is 0 Å². The molecule has 0 aliphatic carbocycles. The molecule has 1 rings (SSSR count). The van der Waals surface area contributed by atoms with E-state index < -0.39 is 0 Å². The smallest absolute Gasteiger partial charge is 0.0491 e. The third kappa shape index (κ3) is 4.32. The van der Waals surface area contributed by atoms with Gasteiger partial charge in [-0.3, -0.25) is 0 Å². The highest BCUT2D eigenvalue weighted by molar-refractivity contribution is 9.10. The Morgan fingerprint density at radius 3 is 2.59 bits per heavy atom. The predicted molar refractivity (Wildman–Crippen MR) is 79.4 cm³/mol. The van der Waals surface area contributed by atoms with Gasteiger partial charge in [-0.15, -0.1) is 0 Å². The Morgan fingerprint density at radius 2 is 2.06 bits per heavy atom. The summed E-state index contributed by atoms with van der Waals surface area (Å²) in [4.78, 5) is 0. The Bertz CT molecular complexity index is 376. The summed E-state index contributed by atoms with van der Waals surface area (Å²) in [5.74, 6) is 0.625. The van der Waals surface area contributed by atoms with Crippen molar-refractivity contribution in [2.24, 2.45) is 11.7 Å². The quantitative estimate of drug-likeness (QED) is 0.864. The van der Waals surface area contributed by atoms with Crippen LogP contribution in [0.25, 0.3) is 0 Å². The molecule has 0 amide bonds. The maximum atomic E-state index is 5.91. The first-order chi connectivity index (χ1) is 7.86. The Hall–Kier alpha value is -0.540. The lowest BCUT2D eigenvalue weighted by molar-refractivity contribution is 0.407. The Kier molecular flexibility index (Phi) is 5.02. The summed E-state index contributed by atoms with van der Waals surface area (Å²) in [5, 5.41) is 3.57. The molecule has 0 aliphatic heterocycles. The zero-order chi connectivity index (χ0) is 13.1. The molecule has 0 aliphatic rings. The summed E-state index contributed by atoms with van der Waals surface area (Å²) in [6, 6.07) is 6.32. The van der Waals surface area contributed by atoms with Crippen LogP contribution in [0.15, 0.2) is 22.7 Å². The van der Waals surface area contributed by atoms with E-state index >= 15 is 0 Å². The van der Waals surface area contributed by atoms with Crippen LogP contribution in [-0.2, 0) is 0 Å². The number of benzene rings is 1. The lowest BCUT2D eigenvalue weighted by Gasteiger charge is -2.33. The number of nitrogens with one attached hydrogen (secondary N) is 1. The molecule has 0 spiro atoms. The number of anilines is 1. The molecule has 3 heteroatoms. The van der Waals surface area contributed by atoms with Crippen molar-refractivity contribution in [2.45, 2.75) is 39.7 Å². The van der Waals surface area contributed by atoms with Crippen LogP contribution in [0.5, 0.6) is 0 Å². The van der Waals surface area contributed by atoms with Gasteiger partial charge in [0.25, 0.3) is 0 Å². The van der Waals surface area contributed by atoms with Crippen LogP contribution >= 0.6 is 15.9 Å². The second-order valence-corrected chi connectivity index (χ2v) is 6.33. The summed E-state index contributed by atoms with van der Waals surface area (Å²) in [6.45, 7) is 9.36. The van der Waals surface area contributed by atoms with E-state index in [2.05, 4.69) is 67.1 Å². The van der Waals surface area contributed by atoms with Crippen molar-refractivity contribution in [1.82, 2.24) is 0 Å². The molecule has 0 saturated carbocycles. The first kappa shape index (κ1) is 14.5. The molecule has 1 aromatic rings. The molecule has 1 aromatic carbocycles. The van der Waals surface area contributed by atoms with Crippen LogP contribution < -0.4 is 11.1 Å². The lowest BCUT2D eigenvalue weighted by atomic mass is 9.90. The number of nitrogens with two attached hydrogens (primary N) is 1. The van der Waals surface area contributed by atoms with E-state index in [9.17, 15) is 0 Å². The highest BCUT2D eigenvalue weighted by Crippen LogP contribution is 2.28. The number of rotatable bonds is 5. The molecule has 3 N–H and O–H groups in total. The van der Waals surface area contributed by atoms with Gasteiger partial charge in [0.05, 0.1) is 0 Å². The molecule has 2 nitrogen and oxygen atoms in total. The normalized spacial score (nSPS) is 14.8. The molecule has 17 heavy (non-hydrogen) atoms. The fraction of sp³-hybridized carbons (Fsp3) is 0.571. The summed E-state index contributed by atoms with van der Waals surface area (Å²) < 4.78 is 1.09. The molecule has 0 heterocycles. The Balaban J connectivity index is 2.90. The number of halogens is 1. The van der Waals surface area contributed by atoms with Crippen molar-refractivity contribution >= 4 is 21.6 Å². The monoisotopic (exact) mass is 298 g/mol. The second kappa shape index (κ2) is 5.87. The van der Waals surface area contributed by atoms with E-state index in [0.29, 0.717) is 12.5 Å². The van der Waals surface area contributed by atoms with Gasteiger partial charge < -0.3 is 11.1 Å². The highest BCUT2D eigenvalue weighted by atomic mass is 79.9. The first-order valence-corrected chi connectivity index (χ1v) is 6.90. The van der Waals surface area contributed by atoms with Crippen molar-refractivity contribution in [1.29, 1.82) is 0 Å². The maximum Gasteiger partial charge on any atom is 0.0491 e. The fourth-order valence-corrected chi connectivity index (χ4v) is 2.49. The SMILES string of the molecule is Cc1ccc(Br)c(NC(C)(CN)CC(C)C)c1. The lowest BCUT2D eigenvalue weighted by Crippen LogP contribution is -2.43. The Morgan fingerprint density at radius 1 is 1.41 bits per heavy atom. The summed E-state index contributed by atoms with van der Waals surface area (Å²) in [5.41, 5.74) is 8.24. The number of hydrogen-bond donors (Lipinski definition) is 2. The maximum absolute atomic E-state index is 5.91. The molecular formula is C14H23BrN2. The predicted octanol–water partition coefficient (Wildman–Crippen LogP) is 3.93. The van der Waals surface area contributed by atoms with E-state index in [4.69, 9.17) is 5.73 Å². The molecule has 1 unspecified atom stereocenters. The van der Waals surface area contributed by atoms with Gasteiger partial charge in [-0.1, -0.05) is 19.9 Å². The van der Waals surface area contributed by atoms with E-state index in [1.54, 1.807) is 0 Å². The van der Waals surface area contributed by atoms with Gasteiger partial charge in [0.1, 0.15) is 0 Å². The average Bonchev–Trinajstić information content (AvgIpc) is 2.22. The van der Waals surface area contributed by atoms with Gasteiger partial charge in [0.15, 0.2) is 0 Å². The topological polar surface area (TPSA) is 38.0 Å². The first-order valence-electron chi connectivity index (χ1n) is 6.11. The van der Waals surface area contributed by atoms with Crippen molar-refractivity contribution in [2.75, 3.05) is 11.9 Å². The van der Waals surface area contributed by atoms with Crippen molar-refractivity contribution in [3.8, 4) is 0 Å². The standard InChI is InChI=1S/C14H23BrN2/c1-10(2)8-14(4,9-16)17-13-7-11(3)5-6-12(13)15/h5-7,10,17H,8-9,16H2,1-4H3. The van der Waals surface area contributed by atoms with E-state index in [1.807, 2.05) is 0 Å². The van der Waals surface area contributed by atoms with Gasteiger partial charge in [-0.05, 0) is 59.8 Å². The second-order valence-electron chi connectivity index (χ2n) is 5.47. The minimum absolute atomic E-state index is 0.0511. The molecule has 0 aromatic heterocycles. The molecule has 0 saturated heterocycles. The third-order valence-corrected chi connectivity index (χ3v) is 3.56. The number of aryl methyl sites for hydroxylation is 1. The summed E-state index contributed by atoms with van der Waals surface area (Å²) in [7, 11) is 0. The zero-order valence-electron chi connectivity index (χ0n) is 11.2. The molecule has 0 radical (unpaired) electrons. The average molecular weight is 299 g/mol. The van der Waals surface area contributed by atoms with Gasteiger partial charge in [-0.25, -0.2) is 0 Å². The molecule has 0 fully saturated rings. The fourth-order valence-electron chi connectivity index (χ4n) is 2.15. The van der Waals surface area contributed by atoms with Gasteiger partial charge >= 0.3 is 0 Å². The van der Waals surface area contributed by atoms with Crippen LogP contribution in [0.2, 0.25) is 0 Å². The van der Waals surface area contributed by atoms with Crippen LogP contribution in [0.4, 0.5) is 5.69 Å². The van der Waals surface area contributed by atoms with E-state index in [0.717, 1.165) is 16.6 Å². The Labute approximate surface area is 113 Å². The molecule has 1 atom stereocenters. The summed E-state index contributed by atoms with van der Waals surface area (Å²) >= 11 is 3.58. The van der Waals surface area contributed by atoms with Crippen LogP contribution in [-0.4, -0.2) is 12.1 Å². The third-order valence-electron chi connectivity index (χ3n) is 2.87. The number of hydrogen-bond acceptors (Lipinski definition) is 2. The van der Waals surface area contributed by atoms with Crippen molar-refractivity contribution in [3.63, 3.8) is 0 Å². The molecule has 96 valence electrons. The molecule has 0 bridgehead atoms. The minimum atomic E-state index is -0.0511. The van der Waals surface area contributed by atoms with E-state index in [1.165, 1.54) is 5.56 Å². The largest absolute Gasteiger partial charge is 0.378 e. The molecular weight excluding hydrogens is 276 g/mol. The van der Waals surface area contributed by atoms with Crippen LogP contribution in [0, 0.1) is 12.8 Å². The van der Waals surface area contributed by atoms with Crippen molar-refractivity contribution in [3.05, 3.63) is 28.2 Å². The van der Waals surface area contributed by atoms with E-state index in [-0.39, 0.29) is 5.54 Å². The minimum Gasteiger partial charge on any atom is -0.378 e. The highest BCUT2D eigenvalue weighted by Gasteiger charge is 2.24. The zero-order valence-corrected chi connectivity index (χ0v) is 12.8. The summed E-state index contributed by atoms with van der Waals surface area (Å²) in [6.07, 6.45) is 1.06. The van der Waals surface area contributed by atoms with Crippen molar-refractivity contribution < 1.29 is 0 Å². The van der Waals surface area contributed by atoms with Gasteiger partial charge in [-0.2, -0.15) is 0 Å². The van der Waals surface area contributed by atoms with Crippen LogP contribution in [0.3, 0.4) is 0 Å².